The average Bonchev–Trinajstić information content (AvgIpc) is 3.31. The highest BCUT2D eigenvalue weighted by Crippen LogP contribution is 2.58. The molecule has 4 heteroatoms. The molecule has 3 saturated carbocycles. The van der Waals surface area contributed by atoms with Crippen LogP contribution < -0.4 is 10.6 Å². The van der Waals surface area contributed by atoms with Crippen molar-refractivity contribution in [3.63, 3.8) is 0 Å². The first-order chi connectivity index (χ1) is 12.3. The molecule has 0 heterocycles. The van der Waals surface area contributed by atoms with E-state index in [1.165, 1.54) is 23.7 Å². The van der Waals surface area contributed by atoms with Crippen LogP contribution in [0.3, 0.4) is 0 Å². The Labute approximate surface area is 159 Å². The van der Waals surface area contributed by atoms with Gasteiger partial charge in [0, 0.05) is 24.2 Å². The van der Waals surface area contributed by atoms with Gasteiger partial charge in [-0.3, -0.25) is 9.59 Å². The van der Waals surface area contributed by atoms with Crippen molar-refractivity contribution >= 4 is 11.8 Å². The highest BCUT2D eigenvalue weighted by atomic mass is 16.2. The molecule has 0 aliphatic heterocycles. The van der Waals surface area contributed by atoms with Crippen molar-refractivity contribution in [2.75, 3.05) is 13.1 Å². The second kappa shape index (κ2) is 11.2. The zero-order chi connectivity index (χ0) is 19.7. The van der Waals surface area contributed by atoms with Crippen LogP contribution in [-0.4, -0.2) is 24.9 Å². The van der Waals surface area contributed by atoms with Gasteiger partial charge in [-0.15, -0.1) is 0 Å². The van der Waals surface area contributed by atoms with Gasteiger partial charge in [-0.05, 0) is 83.5 Å². The second-order valence-electron chi connectivity index (χ2n) is 7.87. The third-order valence-electron chi connectivity index (χ3n) is 5.80. The molecule has 0 spiro atoms. The zero-order valence-electron chi connectivity index (χ0n) is 17.2. The van der Waals surface area contributed by atoms with Gasteiger partial charge in [0.15, 0.2) is 0 Å². The fourth-order valence-electron chi connectivity index (χ4n) is 4.64. The monoisotopic (exact) mass is 362 g/mol. The lowest BCUT2D eigenvalue weighted by Crippen LogP contribution is -2.22. The predicted molar refractivity (Wildman–Crippen MR) is 109 cm³/mol. The van der Waals surface area contributed by atoms with E-state index in [2.05, 4.69) is 23.8 Å². The smallest absolute Gasteiger partial charge is 0.246 e. The molecule has 3 aliphatic rings. The maximum Gasteiger partial charge on any atom is 0.246 e. The van der Waals surface area contributed by atoms with Gasteiger partial charge in [0.05, 0.1) is 0 Å². The van der Waals surface area contributed by atoms with Crippen molar-refractivity contribution in [2.45, 2.75) is 66.2 Å². The quantitative estimate of drug-likeness (QED) is 0.735. The fourth-order valence-corrected chi connectivity index (χ4v) is 4.64. The molecule has 0 aromatic carbocycles. The molecule has 2 bridgehead atoms. The Morgan fingerprint density at radius 3 is 1.46 bits per heavy atom. The molecule has 3 fully saturated rings. The number of carbonyl (C=O) groups is 2. The lowest BCUT2D eigenvalue weighted by Gasteiger charge is -2.23. The minimum Gasteiger partial charge on any atom is -0.353 e. The van der Waals surface area contributed by atoms with Crippen LogP contribution in [0.2, 0.25) is 0 Å². The maximum absolute atomic E-state index is 10.5. The molecule has 2 N–H and O–H groups in total. The highest BCUT2D eigenvalue weighted by molar-refractivity contribution is 5.92. The number of rotatable bonds is 4. The molecule has 0 aromatic heterocycles. The topological polar surface area (TPSA) is 58.2 Å². The fraction of sp³-hybridized carbons (Fsp3) is 0.727. The molecule has 4 unspecified atom stereocenters. The zero-order valence-corrected chi connectivity index (χ0v) is 17.2. The number of hydrogen-bond donors (Lipinski definition) is 2. The molecule has 4 nitrogen and oxygen atoms in total. The first-order valence-corrected chi connectivity index (χ1v) is 10.2. The number of fused-ring (bicyclic) bond motifs is 5. The van der Waals surface area contributed by atoms with E-state index in [1.54, 1.807) is 52.4 Å². The summed E-state index contributed by atoms with van der Waals surface area (Å²) in [7, 11) is 0. The molecule has 26 heavy (non-hydrogen) atoms. The highest BCUT2D eigenvalue weighted by Gasteiger charge is 2.48. The molecule has 3 rings (SSSR count). The van der Waals surface area contributed by atoms with E-state index in [-0.39, 0.29) is 11.8 Å². The molecule has 148 valence electrons. The largest absolute Gasteiger partial charge is 0.353 e. The number of carbonyl (C=O) groups excluding carboxylic acids is 2. The van der Waals surface area contributed by atoms with E-state index in [1.807, 2.05) is 13.8 Å². The average molecular weight is 363 g/mol. The van der Waals surface area contributed by atoms with Gasteiger partial charge in [-0.25, -0.2) is 0 Å². The molecular formula is C22H38N2O2. The summed E-state index contributed by atoms with van der Waals surface area (Å²) in [4.78, 5) is 21.1. The van der Waals surface area contributed by atoms with E-state index in [0.29, 0.717) is 24.2 Å². The van der Waals surface area contributed by atoms with Crippen LogP contribution in [0.4, 0.5) is 0 Å². The Hall–Kier alpha value is -1.58. The van der Waals surface area contributed by atoms with E-state index >= 15 is 0 Å². The lowest BCUT2D eigenvalue weighted by molar-refractivity contribution is -0.118. The summed E-state index contributed by atoms with van der Waals surface area (Å²) in [6, 6.07) is 0. The lowest BCUT2D eigenvalue weighted by atomic mass is 9.82. The Bertz CT molecular complexity index is 468. The van der Waals surface area contributed by atoms with Crippen molar-refractivity contribution in [3.05, 3.63) is 24.3 Å². The van der Waals surface area contributed by atoms with Crippen LogP contribution >= 0.6 is 0 Å². The van der Waals surface area contributed by atoms with Crippen LogP contribution in [0, 0.1) is 23.7 Å². The van der Waals surface area contributed by atoms with E-state index in [4.69, 9.17) is 0 Å². The normalized spacial score (nSPS) is 27.2. The van der Waals surface area contributed by atoms with Crippen molar-refractivity contribution in [1.82, 2.24) is 10.6 Å². The Balaban J connectivity index is 0.000000199. The van der Waals surface area contributed by atoms with E-state index < -0.39 is 0 Å². The number of nitrogens with one attached hydrogen (secondary N) is 2. The first kappa shape index (κ1) is 22.5. The molecule has 4 atom stereocenters. The summed E-state index contributed by atoms with van der Waals surface area (Å²) in [6.45, 7) is 15.4. The summed E-state index contributed by atoms with van der Waals surface area (Å²) < 4.78 is 0. The Morgan fingerprint density at radius 2 is 1.19 bits per heavy atom. The van der Waals surface area contributed by atoms with Gasteiger partial charge in [0.25, 0.3) is 0 Å². The van der Waals surface area contributed by atoms with Gasteiger partial charge in [-0.1, -0.05) is 19.6 Å². The number of likely N-dealkylation sites (N-methyl/N-ethyl adjacent to an activating group) is 2. The summed E-state index contributed by atoms with van der Waals surface area (Å²) in [6.07, 6.45) is 9.53. The van der Waals surface area contributed by atoms with Crippen LogP contribution in [-0.2, 0) is 9.59 Å². The van der Waals surface area contributed by atoms with Crippen LogP contribution in [0.5, 0.6) is 0 Å². The van der Waals surface area contributed by atoms with Crippen molar-refractivity contribution in [2.24, 2.45) is 23.7 Å². The predicted octanol–water partition coefficient (Wildman–Crippen LogP) is 4.23. The maximum atomic E-state index is 10.5. The Morgan fingerprint density at radius 1 is 0.808 bits per heavy atom. The van der Waals surface area contributed by atoms with Gasteiger partial charge in [-0.2, -0.15) is 0 Å². The molecule has 0 saturated heterocycles. The van der Waals surface area contributed by atoms with Crippen molar-refractivity contribution < 1.29 is 9.59 Å². The number of hydrogen-bond acceptors (Lipinski definition) is 2. The van der Waals surface area contributed by atoms with Gasteiger partial charge in [0.2, 0.25) is 11.8 Å². The van der Waals surface area contributed by atoms with E-state index in [9.17, 15) is 9.59 Å². The minimum absolute atomic E-state index is 0.0625. The van der Waals surface area contributed by atoms with Crippen molar-refractivity contribution in [1.29, 1.82) is 0 Å². The standard InChI is InChI=1S/C10H16.2C6H11NO/c1-2-9-7-4-5-8(6-7)10(9)3-1;2*1-4-7-6(8)5(2)3/h7-10H,1-6H2;2*2,4H2,1,3H3,(H,7,8). The molecule has 2 amide bonds. The summed E-state index contributed by atoms with van der Waals surface area (Å²) in [5.74, 6) is 4.67. The van der Waals surface area contributed by atoms with Gasteiger partial charge in [0.1, 0.15) is 0 Å². The second-order valence-corrected chi connectivity index (χ2v) is 7.87. The molecule has 0 aromatic rings. The Kier molecular flexibility index (Phi) is 9.68. The third-order valence-corrected chi connectivity index (χ3v) is 5.80. The summed E-state index contributed by atoms with van der Waals surface area (Å²) in [5, 5.41) is 5.21. The van der Waals surface area contributed by atoms with E-state index in [0.717, 1.165) is 0 Å². The first-order valence-electron chi connectivity index (χ1n) is 10.2. The van der Waals surface area contributed by atoms with Crippen LogP contribution in [0.15, 0.2) is 24.3 Å². The molecule has 3 aliphatic carbocycles. The summed E-state index contributed by atoms with van der Waals surface area (Å²) in [5.41, 5.74) is 1.12. The van der Waals surface area contributed by atoms with Crippen molar-refractivity contribution in [3.8, 4) is 0 Å². The van der Waals surface area contributed by atoms with Crippen LogP contribution in [0.1, 0.15) is 66.2 Å². The van der Waals surface area contributed by atoms with Gasteiger partial charge >= 0.3 is 0 Å². The summed E-state index contributed by atoms with van der Waals surface area (Å²) >= 11 is 0. The molecule has 0 radical (unpaired) electrons. The van der Waals surface area contributed by atoms with Gasteiger partial charge < -0.3 is 10.6 Å². The SMILES string of the molecule is C1CC2C3CCC(C3)C2C1.C=C(C)C(=O)NCC.C=C(C)C(=O)NCC. The minimum atomic E-state index is -0.0625. The molecular weight excluding hydrogens is 324 g/mol. The van der Waals surface area contributed by atoms with Crippen LogP contribution in [0.25, 0.3) is 0 Å². The third kappa shape index (κ3) is 6.62. The number of amides is 2.